The van der Waals surface area contributed by atoms with Crippen molar-refractivity contribution in [2.45, 2.75) is 122 Å². The van der Waals surface area contributed by atoms with Crippen LogP contribution < -0.4 is 0 Å². The van der Waals surface area contributed by atoms with Crippen molar-refractivity contribution in [1.82, 2.24) is 0 Å². The average molecular weight is 555 g/mol. The third-order valence-corrected chi connectivity index (χ3v) is 18.5. The van der Waals surface area contributed by atoms with Crippen LogP contribution in [0.1, 0.15) is 61.8 Å². The lowest BCUT2D eigenvalue weighted by atomic mass is 10.0. The second-order valence-electron chi connectivity index (χ2n) is 13.0. The first-order chi connectivity index (χ1) is 15.5. The van der Waals surface area contributed by atoms with E-state index in [4.69, 9.17) is 27.4 Å². The molecule has 0 aromatic carbocycles. The number of hydrogen-bond donors (Lipinski definition) is 0. The van der Waals surface area contributed by atoms with Crippen LogP contribution in [-0.4, -0.2) is 73.5 Å². The van der Waals surface area contributed by atoms with Gasteiger partial charge in [-0.3, -0.25) is 9.36 Å². The van der Waals surface area contributed by atoms with Crippen molar-refractivity contribution in [3.63, 3.8) is 0 Å². The molecule has 35 heavy (non-hydrogen) atoms. The fraction of sp³-hybridized carbons (Fsp3) is 0.958. The molecule has 1 aliphatic heterocycles. The Morgan fingerprint density at radius 3 is 1.80 bits per heavy atom. The molecule has 1 saturated heterocycles. The highest BCUT2D eigenvalue weighted by Gasteiger charge is 2.48. The van der Waals surface area contributed by atoms with Gasteiger partial charge in [-0.25, -0.2) is 0 Å². The minimum Gasteiger partial charge on any atom is -0.411 e. The zero-order valence-corrected chi connectivity index (χ0v) is 27.5. The van der Waals surface area contributed by atoms with E-state index in [2.05, 4.69) is 67.7 Å². The van der Waals surface area contributed by atoms with Crippen LogP contribution in [-0.2, 0) is 36.7 Å². The molecule has 11 heteroatoms. The molecule has 0 amide bonds. The highest BCUT2D eigenvalue weighted by molar-refractivity contribution is 7.54. The van der Waals surface area contributed by atoms with Crippen LogP contribution in [0.15, 0.2) is 0 Å². The maximum atomic E-state index is 13.6. The Morgan fingerprint density at radius 2 is 1.43 bits per heavy atom. The first-order valence-corrected chi connectivity index (χ1v) is 19.9. The van der Waals surface area contributed by atoms with Gasteiger partial charge in [0.05, 0.1) is 12.7 Å². The quantitative estimate of drug-likeness (QED) is 0.203. The Bertz CT molecular complexity index is 762. The number of ether oxygens (including phenoxy) is 2. The van der Waals surface area contributed by atoms with Crippen LogP contribution in [0, 0.1) is 0 Å². The lowest BCUT2D eigenvalue weighted by molar-refractivity contribution is -0.152. The van der Waals surface area contributed by atoms with E-state index in [-0.39, 0.29) is 34.5 Å². The van der Waals surface area contributed by atoms with E-state index in [0.717, 1.165) is 0 Å². The number of ketones is 1. The molecule has 0 N–H and O–H groups in total. The summed E-state index contributed by atoms with van der Waals surface area (Å²) in [6, 6.07) is 0. The summed E-state index contributed by atoms with van der Waals surface area (Å²) in [7, 11) is -5.58. The molecular formula is C24H51O8PSi2. The summed E-state index contributed by atoms with van der Waals surface area (Å²) in [6.45, 7) is 25.6. The third-order valence-electron chi connectivity index (χ3n) is 7.65. The molecule has 0 aliphatic carbocycles. The SMILES string of the molecule is COP(=O)(CC(=O)[C@@H](C[C@@H](O[Si](C)(C)C(C)(C)C)[C@H]1COC(C)(C)O1)O[Si](C)(C)C(C)(C)C)OC. The average Bonchev–Trinajstić information content (AvgIpc) is 3.04. The Hall–Kier alpha value is 0.0938. The lowest BCUT2D eigenvalue weighted by Crippen LogP contribution is -2.52. The molecule has 0 unspecified atom stereocenters. The molecule has 1 rings (SSSR count). The van der Waals surface area contributed by atoms with Crippen LogP contribution in [0.5, 0.6) is 0 Å². The standard InChI is InChI=1S/C24H51O8PSi2/c1-22(2,3)34(11,12)31-19(18(25)17-33(26,27-9)28-10)15-20(21-16-29-24(7,8)30-21)32-35(13,14)23(4,5)6/h19-21H,15-17H2,1-14H3/t19-,20-,21-/m1/s1. The molecule has 208 valence electrons. The van der Waals surface area contributed by atoms with Crippen LogP contribution in [0.4, 0.5) is 0 Å². The molecule has 0 radical (unpaired) electrons. The number of Topliss-reactive ketones (excluding diaryl/α,β-unsaturated/α-hetero) is 1. The molecule has 8 nitrogen and oxygen atoms in total. The zero-order valence-electron chi connectivity index (χ0n) is 24.6. The Labute approximate surface area is 215 Å². The molecule has 1 heterocycles. The second-order valence-corrected chi connectivity index (χ2v) is 24.8. The Balaban J connectivity index is 3.41. The van der Waals surface area contributed by atoms with Crippen molar-refractivity contribution < 1.29 is 36.7 Å². The number of rotatable bonds is 12. The fourth-order valence-electron chi connectivity index (χ4n) is 3.21. The maximum Gasteiger partial charge on any atom is 0.337 e. The summed E-state index contributed by atoms with van der Waals surface area (Å²) in [6.07, 6.45) is -1.71. The van der Waals surface area contributed by atoms with E-state index in [0.29, 0.717) is 6.61 Å². The van der Waals surface area contributed by atoms with Crippen molar-refractivity contribution in [2.24, 2.45) is 0 Å². The van der Waals surface area contributed by atoms with Crippen LogP contribution in [0.2, 0.25) is 36.3 Å². The summed E-state index contributed by atoms with van der Waals surface area (Å²) >= 11 is 0. The van der Waals surface area contributed by atoms with Gasteiger partial charge in [-0.15, -0.1) is 0 Å². The van der Waals surface area contributed by atoms with E-state index >= 15 is 0 Å². The molecule has 0 aromatic rings. The van der Waals surface area contributed by atoms with Crippen LogP contribution in [0.3, 0.4) is 0 Å². The van der Waals surface area contributed by atoms with Gasteiger partial charge >= 0.3 is 7.60 Å². The lowest BCUT2D eigenvalue weighted by Gasteiger charge is -2.43. The highest BCUT2D eigenvalue weighted by Crippen LogP contribution is 2.47. The second kappa shape index (κ2) is 11.5. The topological polar surface area (TPSA) is 89.5 Å². The number of carbonyl (C=O) groups is 1. The van der Waals surface area contributed by atoms with Crippen molar-refractivity contribution >= 4 is 30.0 Å². The first kappa shape index (κ1) is 33.1. The molecule has 0 spiro atoms. The van der Waals surface area contributed by atoms with E-state index in [9.17, 15) is 9.36 Å². The minimum atomic E-state index is -3.56. The van der Waals surface area contributed by atoms with Gasteiger partial charge in [-0.05, 0) is 50.1 Å². The molecule has 3 atom stereocenters. The predicted molar refractivity (Wildman–Crippen MR) is 145 cm³/mol. The molecule has 0 bridgehead atoms. The third kappa shape index (κ3) is 9.11. The van der Waals surface area contributed by atoms with Gasteiger partial charge < -0.3 is 27.4 Å². The van der Waals surface area contributed by atoms with Crippen molar-refractivity contribution in [1.29, 1.82) is 0 Å². The zero-order chi connectivity index (χ0) is 27.7. The van der Waals surface area contributed by atoms with Gasteiger partial charge in [-0.1, -0.05) is 41.5 Å². The first-order valence-electron chi connectivity index (χ1n) is 12.4. The summed E-state index contributed by atoms with van der Waals surface area (Å²) in [5.41, 5.74) is 0. The van der Waals surface area contributed by atoms with E-state index in [1.807, 2.05) is 13.8 Å². The van der Waals surface area contributed by atoms with E-state index in [1.54, 1.807) is 0 Å². The van der Waals surface area contributed by atoms with Gasteiger partial charge in [0, 0.05) is 20.6 Å². The summed E-state index contributed by atoms with van der Waals surface area (Å²) < 4.78 is 48.5. The molecule has 0 saturated carbocycles. The Morgan fingerprint density at radius 1 is 0.971 bits per heavy atom. The molecule has 1 aliphatic rings. The van der Waals surface area contributed by atoms with E-state index in [1.165, 1.54) is 14.2 Å². The monoisotopic (exact) mass is 554 g/mol. The van der Waals surface area contributed by atoms with Gasteiger partial charge in [-0.2, -0.15) is 0 Å². The number of carbonyl (C=O) groups excluding carboxylic acids is 1. The normalized spacial score (nSPS) is 21.7. The van der Waals surface area contributed by atoms with Crippen molar-refractivity contribution in [3.05, 3.63) is 0 Å². The maximum absolute atomic E-state index is 13.6. The minimum absolute atomic E-state index is 0.0399. The van der Waals surface area contributed by atoms with Crippen LogP contribution >= 0.6 is 7.60 Å². The van der Waals surface area contributed by atoms with Gasteiger partial charge in [0.15, 0.2) is 28.2 Å². The summed E-state index contributed by atoms with van der Waals surface area (Å²) in [5.74, 6) is -1.05. The molecule has 0 aromatic heterocycles. The Kier molecular flexibility index (Phi) is 10.8. The largest absolute Gasteiger partial charge is 0.411 e. The molecular weight excluding hydrogens is 503 g/mol. The van der Waals surface area contributed by atoms with Crippen molar-refractivity contribution in [3.8, 4) is 0 Å². The number of hydrogen-bond acceptors (Lipinski definition) is 8. The van der Waals surface area contributed by atoms with Crippen molar-refractivity contribution in [2.75, 3.05) is 27.0 Å². The van der Waals surface area contributed by atoms with Gasteiger partial charge in [0.25, 0.3) is 0 Å². The summed E-state index contributed by atoms with van der Waals surface area (Å²) in [4.78, 5) is 13.6. The molecule has 1 fully saturated rings. The fourth-order valence-corrected chi connectivity index (χ4v) is 6.86. The highest BCUT2D eigenvalue weighted by atomic mass is 31.2. The van der Waals surface area contributed by atoms with Crippen LogP contribution in [0.25, 0.3) is 0 Å². The van der Waals surface area contributed by atoms with E-state index < -0.39 is 42.2 Å². The van der Waals surface area contributed by atoms with Gasteiger partial charge in [0.1, 0.15) is 18.4 Å². The predicted octanol–water partition coefficient (Wildman–Crippen LogP) is 6.36. The van der Waals surface area contributed by atoms with Gasteiger partial charge in [0.2, 0.25) is 0 Å². The smallest absolute Gasteiger partial charge is 0.337 e. The summed E-state index contributed by atoms with van der Waals surface area (Å²) in [5, 5.41) is -0.162.